The van der Waals surface area contributed by atoms with Crippen molar-refractivity contribution in [3.63, 3.8) is 0 Å². The summed E-state index contributed by atoms with van der Waals surface area (Å²) < 4.78 is 12.0. The van der Waals surface area contributed by atoms with E-state index in [4.69, 9.17) is 18.8 Å². The molecule has 0 bridgehead atoms. The Morgan fingerprint density at radius 2 is 1.06 bits per heavy atom. The second-order valence-electron chi connectivity index (χ2n) is 3.11. The van der Waals surface area contributed by atoms with Gasteiger partial charge in [-0.25, -0.2) is 0 Å². The van der Waals surface area contributed by atoms with Crippen LogP contribution in [0.25, 0.3) is 0 Å². The Balaban J connectivity index is 0.000000437. The Kier molecular flexibility index (Phi) is 7.89. The second-order valence-corrected chi connectivity index (χ2v) is 8.20. The van der Waals surface area contributed by atoms with Crippen LogP contribution in [-0.2, 0) is 21.0 Å². The Bertz CT molecular complexity index is 409. The van der Waals surface area contributed by atoms with Crippen molar-refractivity contribution >= 4 is 37.2 Å². The zero-order valence-corrected chi connectivity index (χ0v) is 13.5. The molecular formula is C12H11Cl2OPPt. The molecule has 0 unspecified atom stereocenters. The number of hydrogen-bond acceptors (Lipinski definition) is 1. The van der Waals surface area contributed by atoms with Crippen LogP contribution >= 0.6 is 26.6 Å². The van der Waals surface area contributed by atoms with Crippen molar-refractivity contribution < 1.29 is 21.0 Å². The first-order valence-corrected chi connectivity index (χ1v) is 11.8. The van der Waals surface area contributed by atoms with Crippen LogP contribution in [0.2, 0.25) is 0 Å². The molecule has 2 aromatic carbocycles. The van der Waals surface area contributed by atoms with Gasteiger partial charge in [0.05, 0.1) is 0 Å². The van der Waals surface area contributed by atoms with Crippen molar-refractivity contribution in [2.45, 2.75) is 0 Å². The summed E-state index contributed by atoms with van der Waals surface area (Å²) in [6, 6.07) is 19.2. The molecule has 0 saturated carbocycles. The van der Waals surface area contributed by atoms with E-state index in [1.807, 2.05) is 60.7 Å². The maximum absolute atomic E-state index is 12.0. The zero-order chi connectivity index (χ0) is 12.5. The summed E-state index contributed by atoms with van der Waals surface area (Å²) in [6.07, 6.45) is 0. The minimum atomic E-state index is -1.79. The van der Waals surface area contributed by atoms with Gasteiger partial charge >= 0.3 is 35.3 Å². The van der Waals surface area contributed by atoms with Gasteiger partial charge in [0.25, 0.3) is 0 Å². The van der Waals surface area contributed by atoms with Crippen molar-refractivity contribution in [1.29, 1.82) is 0 Å². The van der Waals surface area contributed by atoms with Gasteiger partial charge in [-0.05, 0) is 0 Å². The number of hydrogen-bond donors (Lipinski definition) is 0. The molecule has 5 heteroatoms. The number of rotatable bonds is 2. The van der Waals surface area contributed by atoms with E-state index in [-0.39, 0.29) is 0 Å². The molecule has 0 radical (unpaired) electrons. The predicted octanol–water partition coefficient (Wildman–Crippen LogP) is 3.57. The molecule has 0 amide bonds. The summed E-state index contributed by atoms with van der Waals surface area (Å²) in [5.74, 6) is 0. The normalized spacial score (nSPS) is 9.82. The van der Waals surface area contributed by atoms with Gasteiger partial charge in [-0.2, -0.15) is 0 Å². The fourth-order valence-corrected chi connectivity index (χ4v) is 2.67. The van der Waals surface area contributed by atoms with E-state index in [0.29, 0.717) is 0 Å². The topological polar surface area (TPSA) is 17.1 Å². The predicted molar refractivity (Wildman–Crippen MR) is 72.9 cm³/mol. The first-order chi connectivity index (χ1) is 8.29. The molecule has 0 heterocycles. The van der Waals surface area contributed by atoms with Gasteiger partial charge in [0.15, 0.2) is 0 Å². The summed E-state index contributed by atoms with van der Waals surface area (Å²) in [4.78, 5) is 0. The molecule has 2 aromatic rings. The Labute approximate surface area is 118 Å². The Morgan fingerprint density at radius 3 is 1.35 bits per heavy atom. The van der Waals surface area contributed by atoms with E-state index in [1.165, 1.54) is 0 Å². The standard InChI is InChI=1S/C12H11OP.2ClH.Pt/c13-14(11-7-3-1-4-8-11)12-9-5-2-6-10-12;;;/h1-10,14H;2*1H;/q;;;+2/p-2. The van der Waals surface area contributed by atoms with E-state index in [2.05, 4.69) is 0 Å². The zero-order valence-electron chi connectivity index (χ0n) is 8.75. The molecule has 0 aliphatic heterocycles. The van der Waals surface area contributed by atoms with Crippen molar-refractivity contribution in [3.8, 4) is 0 Å². The summed E-state index contributed by atoms with van der Waals surface area (Å²) in [5, 5.41) is 1.84. The van der Waals surface area contributed by atoms with Crippen LogP contribution in [0.1, 0.15) is 0 Å². The molecule has 0 N–H and O–H groups in total. The molecule has 0 saturated heterocycles. The molecule has 0 spiro atoms. The number of halogens is 2. The van der Waals surface area contributed by atoms with Crippen LogP contribution in [0.4, 0.5) is 0 Å². The van der Waals surface area contributed by atoms with Crippen molar-refractivity contribution in [3.05, 3.63) is 60.7 Å². The SMILES string of the molecule is O=[PH](c1ccccc1)c1ccccc1.[Cl][Pt][Cl]. The molecule has 0 atom stereocenters. The van der Waals surface area contributed by atoms with Gasteiger partial charge in [0.1, 0.15) is 7.80 Å². The third-order valence-corrected chi connectivity index (χ3v) is 3.79. The van der Waals surface area contributed by atoms with Gasteiger partial charge in [0.2, 0.25) is 0 Å². The van der Waals surface area contributed by atoms with E-state index in [1.54, 1.807) is 0 Å². The van der Waals surface area contributed by atoms with Gasteiger partial charge < -0.3 is 4.57 Å². The van der Waals surface area contributed by atoms with E-state index in [0.717, 1.165) is 10.6 Å². The van der Waals surface area contributed by atoms with Crippen molar-refractivity contribution in [1.82, 2.24) is 0 Å². The van der Waals surface area contributed by atoms with Crippen LogP contribution in [0.15, 0.2) is 60.7 Å². The average Bonchev–Trinajstić information content (AvgIpc) is 2.41. The molecule has 0 aliphatic rings. The van der Waals surface area contributed by atoms with Crippen LogP contribution in [0.3, 0.4) is 0 Å². The van der Waals surface area contributed by atoms with Crippen LogP contribution in [0, 0.1) is 0 Å². The maximum atomic E-state index is 12.0. The molecule has 0 aromatic heterocycles. The molecule has 17 heavy (non-hydrogen) atoms. The summed E-state index contributed by atoms with van der Waals surface area (Å²) in [6.45, 7) is 0. The number of benzene rings is 2. The van der Waals surface area contributed by atoms with Gasteiger partial charge in [-0.3, -0.25) is 0 Å². The van der Waals surface area contributed by atoms with Gasteiger partial charge in [0, 0.05) is 10.6 Å². The van der Waals surface area contributed by atoms with E-state index < -0.39 is 24.3 Å². The molecule has 94 valence electrons. The molecule has 0 fully saturated rings. The Hall–Kier alpha value is -0.0617. The van der Waals surface area contributed by atoms with Crippen LogP contribution < -0.4 is 10.6 Å². The average molecular weight is 468 g/mol. The van der Waals surface area contributed by atoms with Crippen LogP contribution in [-0.4, -0.2) is 0 Å². The summed E-state index contributed by atoms with van der Waals surface area (Å²) in [5.41, 5.74) is 0. The third-order valence-electron chi connectivity index (χ3n) is 2.07. The molecule has 2 rings (SSSR count). The van der Waals surface area contributed by atoms with Gasteiger partial charge in [-0.1, -0.05) is 60.7 Å². The van der Waals surface area contributed by atoms with Crippen molar-refractivity contribution in [2.75, 3.05) is 0 Å². The second kappa shape index (κ2) is 8.95. The van der Waals surface area contributed by atoms with E-state index >= 15 is 0 Å². The minimum absolute atomic E-state index is 0.472. The fourth-order valence-electron chi connectivity index (χ4n) is 1.35. The Morgan fingerprint density at radius 1 is 0.765 bits per heavy atom. The summed E-state index contributed by atoms with van der Waals surface area (Å²) >= 11 is -0.472. The van der Waals surface area contributed by atoms with Crippen molar-refractivity contribution in [2.24, 2.45) is 0 Å². The molecule has 0 aliphatic carbocycles. The van der Waals surface area contributed by atoms with Gasteiger partial charge in [-0.15, -0.1) is 0 Å². The van der Waals surface area contributed by atoms with Crippen LogP contribution in [0.5, 0.6) is 0 Å². The monoisotopic (exact) mass is 467 g/mol. The first-order valence-electron chi connectivity index (χ1n) is 4.76. The third kappa shape index (κ3) is 5.40. The molecule has 1 nitrogen and oxygen atoms in total. The van der Waals surface area contributed by atoms with E-state index in [9.17, 15) is 4.57 Å². The quantitative estimate of drug-likeness (QED) is 0.617. The fraction of sp³-hybridized carbons (Fsp3) is 0. The molecular weight excluding hydrogens is 457 g/mol. The summed E-state index contributed by atoms with van der Waals surface area (Å²) in [7, 11) is 7.96. The first kappa shape index (κ1) is 15.0.